The molecule has 0 amide bonds. The van der Waals surface area contributed by atoms with Crippen LogP contribution in [0.5, 0.6) is 17.2 Å². The molecule has 2 aliphatic heterocycles. The lowest BCUT2D eigenvalue weighted by atomic mass is 9.81. The number of nitrogens with zero attached hydrogens (tertiary/aromatic N) is 5. The minimum Gasteiger partial charge on any atom is -0.494 e. The first-order valence-electron chi connectivity index (χ1n) is 15.9. The van der Waals surface area contributed by atoms with Gasteiger partial charge in [-0.15, -0.1) is 0 Å². The number of aromatic nitrogens is 3. The van der Waals surface area contributed by atoms with E-state index in [2.05, 4.69) is 25.4 Å². The summed E-state index contributed by atoms with van der Waals surface area (Å²) in [7, 11) is 1.55. The van der Waals surface area contributed by atoms with Crippen LogP contribution in [0.2, 0.25) is 5.02 Å². The van der Waals surface area contributed by atoms with E-state index in [0.29, 0.717) is 65.6 Å². The molecule has 2 saturated carbocycles. The van der Waals surface area contributed by atoms with E-state index in [1.807, 2.05) is 25.1 Å². The number of hydrogen-bond acceptors (Lipinski definition) is 9. The molecular weight excluding hydrogens is 610 g/mol. The average Bonchev–Trinajstić information content (AvgIpc) is 3.69. The number of hydrogen-bond donors (Lipinski definition) is 1. The highest BCUT2D eigenvalue weighted by molar-refractivity contribution is 6.30. The summed E-state index contributed by atoms with van der Waals surface area (Å²) >= 11 is 6.08. The Morgan fingerprint density at radius 2 is 1.96 bits per heavy atom. The fourth-order valence-electron chi connectivity index (χ4n) is 7.02. The van der Waals surface area contributed by atoms with Gasteiger partial charge in [0.1, 0.15) is 22.8 Å². The first kappa shape index (κ1) is 29.3. The standard InChI is InChI=1S/C34H36ClN5O6/c1-34(29-11-6-21(35)18-36-29)45-27-5-3-4-25(32(27)46-34)39-13-12-38(23-9-10-24(23)39)19-30-37-31-26(40(30)14-15-44-22-7-8-22)16-20(33(41)42)17-28(31)43-2/h3-6,11,16-18,22-24H,7-10,12-15,19H2,1-2H3,(H,41,42)/t23-,24+,34-/m0/s1. The van der Waals surface area contributed by atoms with Gasteiger partial charge in [0.15, 0.2) is 11.5 Å². The zero-order valence-corrected chi connectivity index (χ0v) is 26.6. The Bertz CT molecular complexity index is 1810. The lowest BCUT2D eigenvalue weighted by molar-refractivity contribution is -0.0717. The number of aromatic carboxylic acids is 1. The molecule has 12 heteroatoms. The Balaban J connectivity index is 1.05. The molecule has 0 spiro atoms. The fraction of sp³-hybridized carbons (Fsp3) is 0.441. The molecule has 2 aromatic carbocycles. The Morgan fingerprint density at radius 3 is 2.67 bits per heavy atom. The summed E-state index contributed by atoms with van der Waals surface area (Å²) in [5.74, 6) is 0.742. The number of carboxylic acid groups (broad SMARTS) is 1. The largest absolute Gasteiger partial charge is 0.494 e. The third-order valence-electron chi connectivity index (χ3n) is 9.66. The van der Waals surface area contributed by atoms with Crippen LogP contribution in [-0.2, 0) is 23.6 Å². The van der Waals surface area contributed by atoms with Gasteiger partial charge < -0.3 is 33.5 Å². The number of anilines is 1. The first-order chi connectivity index (χ1) is 22.3. The number of piperazine rings is 1. The number of benzene rings is 2. The van der Waals surface area contributed by atoms with Gasteiger partial charge in [-0.3, -0.25) is 9.88 Å². The number of fused-ring (bicyclic) bond motifs is 3. The van der Waals surface area contributed by atoms with Crippen molar-refractivity contribution >= 4 is 34.3 Å². The van der Waals surface area contributed by atoms with Crippen molar-refractivity contribution in [2.45, 2.75) is 69.7 Å². The van der Waals surface area contributed by atoms with Crippen LogP contribution in [0.15, 0.2) is 48.7 Å². The van der Waals surface area contributed by atoms with Crippen molar-refractivity contribution in [2.75, 3.05) is 31.7 Å². The number of carbonyl (C=O) groups is 1. The lowest BCUT2D eigenvalue weighted by Crippen LogP contribution is -2.64. The molecule has 240 valence electrons. The molecule has 3 atom stereocenters. The highest BCUT2D eigenvalue weighted by atomic mass is 35.5. The van der Waals surface area contributed by atoms with E-state index in [1.165, 1.54) is 0 Å². The maximum Gasteiger partial charge on any atom is 0.335 e. The Morgan fingerprint density at radius 1 is 1.11 bits per heavy atom. The molecule has 3 fully saturated rings. The Kier molecular flexibility index (Phi) is 7.23. The van der Waals surface area contributed by atoms with Gasteiger partial charge in [-0.25, -0.2) is 9.78 Å². The summed E-state index contributed by atoms with van der Waals surface area (Å²) < 4.78 is 26.6. The number of ether oxygens (including phenoxy) is 4. The van der Waals surface area contributed by atoms with E-state index >= 15 is 0 Å². The molecule has 0 radical (unpaired) electrons. The van der Waals surface area contributed by atoms with E-state index < -0.39 is 11.8 Å². The quantitative estimate of drug-likeness (QED) is 0.238. The predicted octanol–water partition coefficient (Wildman–Crippen LogP) is 5.47. The van der Waals surface area contributed by atoms with Gasteiger partial charge in [-0.05, 0) is 62.1 Å². The number of rotatable bonds is 10. The lowest BCUT2D eigenvalue weighted by Gasteiger charge is -2.54. The van der Waals surface area contributed by atoms with Gasteiger partial charge in [-0.2, -0.15) is 0 Å². The SMILES string of the molecule is COc1cc(C(=O)O)cc2c1nc(CN1CCN(c3cccc4c3O[C@@](C)(c3ccc(Cl)cn3)O4)[C@@H]3CC[C@@H]31)n2CCOC1CC1. The minimum atomic E-state index is -1.05. The van der Waals surface area contributed by atoms with Crippen molar-refractivity contribution in [3.8, 4) is 17.2 Å². The van der Waals surface area contributed by atoms with E-state index in [-0.39, 0.29) is 5.56 Å². The van der Waals surface area contributed by atoms with Gasteiger partial charge in [0.2, 0.25) is 0 Å². The molecule has 0 unspecified atom stereocenters. The van der Waals surface area contributed by atoms with Crippen molar-refractivity contribution in [1.29, 1.82) is 0 Å². The number of methoxy groups -OCH3 is 1. The van der Waals surface area contributed by atoms with Crippen molar-refractivity contribution in [3.05, 3.63) is 70.8 Å². The second kappa shape index (κ2) is 11.3. The zero-order chi connectivity index (χ0) is 31.6. The van der Waals surface area contributed by atoms with Gasteiger partial charge in [0.25, 0.3) is 5.79 Å². The molecule has 0 bridgehead atoms. The van der Waals surface area contributed by atoms with Gasteiger partial charge in [0, 0.05) is 44.8 Å². The third kappa shape index (κ3) is 5.10. The van der Waals surface area contributed by atoms with Crippen molar-refractivity contribution in [3.63, 3.8) is 0 Å². The number of imidazole rings is 1. The van der Waals surface area contributed by atoms with Crippen molar-refractivity contribution in [2.24, 2.45) is 0 Å². The predicted molar refractivity (Wildman–Crippen MR) is 171 cm³/mol. The number of carboxylic acids is 1. The molecule has 4 aromatic rings. The van der Waals surface area contributed by atoms with Crippen LogP contribution in [0.4, 0.5) is 5.69 Å². The topological polar surface area (TPSA) is 111 Å². The highest BCUT2D eigenvalue weighted by Gasteiger charge is 2.47. The van der Waals surface area contributed by atoms with Gasteiger partial charge in [-0.1, -0.05) is 17.7 Å². The minimum absolute atomic E-state index is 0.178. The number of para-hydroxylation sites is 1. The fourth-order valence-corrected chi connectivity index (χ4v) is 7.13. The number of halogens is 1. The molecule has 4 aliphatic rings. The average molecular weight is 646 g/mol. The van der Waals surface area contributed by atoms with Gasteiger partial charge >= 0.3 is 5.97 Å². The van der Waals surface area contributed by atoms with E-state index in [1.54, 1.807) is 31.5 Å². The second-order valence-electron chi connectivity index (χ2n) is 12.6. The Hall–Kier alpha value is -4.06. The maximum absolute atomic E-state index is 11.9. The van der Waals surface area contributed by atoms with E-state index in [0.717, 1.165) is 61.6 Å². The molecule has 8 rings (SSSR count). The van der Waals surface area contributed by atoms with Crippen LogP contribution < -0.4 is 19.1 Å². The highest BCUT2D eigenvalue weighted by Crippen LogP contribution is 2.51. The summed E-state index contributed by atoms with van der Waals surface area (Å²) in [6.45, 7) is 5.32. The van der Waals surface area contributed by atoms with E-state index in [4.69, 9.17) is 35.5 Å². The monoisotopic (exact) mass is 645 g/mol. The molecule has 11 nitrogen and oxygen atoms in total. The second-order valence-corrected chi connectivity index (χ2v) is 13.0. The smallest absolute Gasteiger partial charge is 0.335 e. The zero-order valence-electron chi connectivity index (χ0n) is 25.8. The van der Waals surface area contributed by atoms with Crippen LogP contribution in [0, 0.1) is 0 Å². The molecule has 2 aliphatic carbocycles. The number of pyridine rings is 1. The van der Waals surface area contributed by atoms with Crippen molar-refractivity contribution in [1.82, 2.24) is 19.4 Å². The molecule has 1 saturated heterocycles. The summed E-state index contributed by atoms with van der Waals surface area (Å²) in [5, 5.41) is 10.3. The third-order valence-corrected chi connectivity index (χ3v) is 9.89. The first-order valence-corrected chi connectivity index (χ1v) is 16.2. The maximum atomic E-state index is 11.9. The van der Waals surface area contributed by atoms with Crippen LogP contribution in [0.1, 0.15) is 54.5 Å². The molecular formula is C34H36ClN5O6. The molecule has 46 heavy (non-hydrogen) atoms. The van der Waals surface area contributed by atoms with E-state index in [9.17, 15) is 9.90 Å². The molecule has 2 aromatic heterocycles. The van der Waals surface area contributed by atoms with Crippen molar-refractivity contribution < 1.29 is 28.8 Å². The molecule has 1 N–H and O–H groups in total. The Labute approximate surface area is 271 Å². The summed E-state index contributed by atoms with van der Waals surface area (Å²) in [6, 6.07) is 13.6. The van der Waals surface area contributed by atoms with Crippen LogP contribution in [0.25, 0.3) is 11.0 Å². The van der Waals surface area contributed by atoms with Gasteiger partial charge in [0.05, 0.1) is 48.2 Å². The van der Waals surface area contributed by atoms with Crippen LogP contribution >= 0.6 is 11.6 Å². The summed E-state index contributed by atoms with van der Waals surface area (Å²) in [6.07, 6.45) is 6.29. The summed E-state index contributed by atoms with van der Waals surface area (Å²) in [5.41, 5.74) is 3.29. The van der Waals surface area contributed by atoms with Crippen LogP contribution in [-0.4, -0.2) is 75.5 Å². The normalized spacial score (nSPS) is 23.8. The van der Waals surface area contributed by atoms with Crippen LogP contribution in [0.3, 0.4) is 0 Å². The molecule has 4 heterocycles. The summed E-state index contributed by atoms with van der Waals surface area (Å²) in [4.78, 5) is 26.4.